The van der Waals surface area contributed by atoms with E-state index in [1.54, 1.807) is 0 Å². The molecule has 47 heavy (non-hydrogen) atoms. The average Bonchev–Trinajstić information content (AvgIpc) is 3.03. The molecule has 0 amide bonds. The average molecular weight is 695 g/mol. The predicted molar refractivity (Wildman–Crippen MR) is 201 cm³/mol. The summed E-state index contributed by atoms with van der Waals surface area (Å²) in [6.07, 6.45) is 49.7. The molecule has 0 heterocycles. The van der Waals surface area contributed by atoms with E-state index < -0.39 is 10.4 Å². The summed E-state index contributed by atoms with van der Waals surface area (Å²) in [4.78, 5) is 0. The maximum Gasteiger partial charge on any atom is 1.00 e. The fraction of sp³-hybridized carbons (Fsp3) is 1.00. The van der Waals surface area contributed by atoms with Crippen molar-refractivity contribution in [2.45, 2.75) is 251 Å². The van der Waals surface area contributed by atoms with Crippen molar-refractivity contribution in [3.05, 3.63) is 0 Å². The summed E-state index contributed by atoms with van der Waals surface area (Å²) in [7, 11) is -4.59. The van der Waals surface area contributed by atoms with Gasteiger partial charge in [0, 0.05) is 0 Å². The number of hydrogen-bond acceptors (Lipinski definition) is 4. The Balaban J connectivity index is 0. The Morgan fingerprint density at radius 3 is 0.766 bits per heavy atom. The van der Waals surface area contributed by atoms with Crippen LogP contribution in [0, 0.1) is 5.92 Å². The molecule has 0 spiro atoms. The molecule has 1 unspecified atom stereocenters. The van der Waals surface area contributed by atoms with Gasteiger partial charge >= 0.3 is 29.6 Å². The molecule has 0 fully saturated rings. The molecule has 0 aliphatic heterocycles. The molecule has 0 aliphatic carbocycles. The minimum atomic E-state index is -4.59. The molecule has 0 radical (unpaired) electrons. The Kier molecular flexibility index (Phi) is 43.9. The van der Waals surface area contributed by atoms with Crippen molar-refractivity contribution >= 4 is 10.4 Å². The van der Waals surface area contributed by atoms with E-state index in [1.807, 2.05) is 0 Å². The van der Waals surface area contributed by atoms with Crippen molar-refractivity contribution in [3.63, 3.8) is 0 Å². The largest absolute Gasteiger partial charge is 1.00 e. The van der Waals surface area contributed by atoms with Crippen molar-refractivity contribution in [1.29, 1.82) is 0 Å². The summed E-state index contributed by atoms with van der Waals surface area (Å²) in [5, 5.41) is 0. The third kappa shape index (κ3) is 44.8. The Bertz CT molecular complexity index is 672. The van der Waals surface area contributed by atoms with Crippen molar-refractivity contribution in [2.75, 3.05) is 6.61 Å². The molecular weight excluding hydrogens is 612 g/mol. The maximum atomic E-state index is 11.0. The van der Waals surface area contributed by atoms with Crippen LogP contribution in [0.15, 0.2) is 0 Å². The third-order valence-electron chi connectivity index (χ3n) is 10.1. The van der Waals surface area contributed by atoms with Crippen LogP contribution in [0.4, 0.5) is 0 Å². The van der Waals surface area contributed by atoms with E-state index in [0.29, 0.717) is 0 Å². The van der Waals surface area contributed by atoms with Gasteiger partial charge in [-0.05, 0) is 18.8 Å². The normalized spacial score (nSPS) is 12.4. The van der Waals surface area contributed by atoms with Gasteiger partial charge in [0.25, 0.3) is 0 Å². The molecule has 0 aromatic heterocycles. The molecule has 278 valence electrons. The third-order valence-corrected chi connectivity index (χ3v) is 10.6. The summed E-state index contributed by atoms with van der Waals surface area (Å²) in [5.41, 5.74) is 0. The first-order valence-electron chi connectivity index (χ1n) is 21.1. The van der Waals surface area contributed by atoms with Crippen LogP contribution in [-0.4, -0.2) is 19.6 Å². The molecule has 0 saturated heterocycles. The van der Waals surface area contributed by atoms with E-state index >= 15 is 0 Å². The standard InChI is InChI=1S/C41H84O4S.Na/c1-3-5-7-9-11-13-15-17-19-20-21-22-23-25-27-29-31-33-35-37-39-41(40-45-46(42,43)44)38-36-34-32-30-28-26-24-18-16-14-12-10-8-6-4-2;/h41H,3-40H2,1-2H3,(H,42,43,44);/q;+1/p-1. The first-order chi connectivity index (χ1) is 22.5. The smallest absolute Gasteiger partial charge is 0.726 e. The van der Waals surface area contributed by atoms with Crippen LogP contribution in [0.3, 0.4) is 0 Å². The van der Waals surface area contributed by atoms with Gasteiger partial charge in [0.05, 0.1) is 6.61 Å². The molecule has 0 aliphatic rings. The molecule has 0 rings (SSSR count). The molecule has 0 bridgehead atoms. The quantitative estimate of drug-likeness (QED) is 0.0277. The van der Waals surface area contributed by atoms with Gasteiger partial charge in [-0.1, -0.05) is 239 Å². The summed E-state index contributed by atoms with van der Waals surface area (Å²) in [6.45, 7) is 4.64. The zero-order chi connectivity index (χ0) is 33.7. The molecule has 0 aromatic carbocycles. The number of hydrogen-bond donors (Lipinski definition) is 0. The van der Waals surface area contributed by atoms with Crippen LogP contribution in [0.2, 0.25) is 0 Å². The molecule has 0 aromatic rings. The zero-order valence-corrected chi connectivity index (χ0v) is 35.3. The van der Waals surface area contributed by atoms with Gasteiger partial charge in [-0.2, -0.15) is 0 Å². The second-order valence-electron chi connectivity index (χ2n) is 14.8. The van der Waals surface area contributed by atoms with Gasteiger partial charge < -0.3 is 4.55 Å². The van der Waals surface area contributed by atoms with E-state index in [9.17, 15) is 13.0 Å². The van der Waals surface area contributed by atoms with Gasteiger partial charge in [-0.25, -0.2) is 8.42 Å². The van der Waals surface area contributed by atoms with Crippen LogP contribution in [0.5, 0.6) is 0 Å². The topological polar surface area (TPSA) is 66.4 Å². The first-order valence-corrected chi connectivity index (χ1v) is 22.4. The minimum absolute atomic E-state index is 0. The zero-order valence-electron chi connectivity index (χ0n) is 32.5. The van der Waals surface area contributed by atoms with Gasteiger partial charge in [0.2, 0.25) is 10.4 Å². The second-order valence-corrected chi connectivity index (χ2v) is 15.9. The van der Waals surface area contributed by atoms with E-state index in [2.05, 4.69) is 18.0 Å². The van der Waals surface area contributed by atoms with Crippen LogP contribution in [0.1, 0.15) is 251 Å². The number of rotatable bonds is 40. The van der Waals surface area contributed by atoms with Crippen LogP contribution >= 0.6 is 0 Å². The Morgan fingerprint density at radius 2 is 0.574 bits per heavy atom. The maximum absolute atomic E-state index is 11.0. The molecular formula is C41H83NaO4S. The first kappa shape index (κ1) is 50.0. The van der Waals surface area contributed by atoms with E-state index in [0.717, 1.165) is 25.7 Å². The monoisotopic (exact) mass is 695 g/mol. The van der Waals surface area contributed by atoms with Gasteiger partial charge in [0.1, 0.15) is 0 Å². The van der Waals surface area contributed by atoms with Crippen LogP contribution in [0.25, 0.3) is 0 Å². The summed E-state index contributed by atoms with van der Waals surface area (Å²) in [5.74, 6) is 0.196. The molecule has 6 heteroatoms. The summed E-state index contributed by atoms with van der Waals surface area (Å²) in [6, 6.07) is 0. The number of unbranched alkanes of at least 4 members (excludes halogenated alkanes) is 33. The Morgan fingerprint density at radius 1 is 0.383 bits per heavy atom. The van der Waals surface area contributed by atoms with Crippen molar-refractivity contribution < 1.29 is 46.7 Å². The van der Waals surface area contributed by atoms with Crippen LogP contribution in [-0.2, 0) is 14.6 Å². The molecule has 1 atom stereocenters. The van der Waals surface area contributed by atoms with Gasteiger partial charge in [0.15, 0.2) is 0 Å². The molecule has 0 N–H and O–H groups in total. The fourth-order valence-corrected chi connectivity index (χ4v) is 7.34. The van der Waals surface area contributed by atoms with E-state index in [4.69, 9.17) is 0 Å². The molecule has 0 saturated carbocycles. The predicted octanol–water partition coefficient (Wildman–Crippen LogP) is 11.6. The van der Waals surface area contributed by atoms with Gasteiger partial charge in [-0.3, -0.25) is 4.18 Å². The second kappa shape index (κ2) is 41.3. The summed E-state index contributed by atoms with van der Waals surface area (Å²) < 4.78 is 37.8. The Hall–Kier alpha value is 0.870. The van der Waals surface area contributed by atoms with Gasteiger partial charge in [-0.15, -0.1) is 0 Å². The van der Waals surface area contributed by atoms with Crippen molar-refractivity contribution in [3.8, 4) is 0 Å². The summed E-state index contributed by atoms with van der Waals surface area (Å²) >= 11 is 0. The van der Waals surface area contributed by atoms with Crippen LogP contribution < -0.4 is 29.6 Å². The van der Waals surface area contributed by atoms with E-state index in [1.165, 1.54) is 212 Å². The SMILES string of the molecule is CCCCCCCCCCCCCCCCCCCCCCC(CCCCCCCCCCCCCCCCC)COS(=O)(=O)[O-].[Na+]. The fourth-order valence-electron chi connectivity index (χ4n) is 6.98. The Labute approximate surface area is 319 Å². The van der Waals surface area contributed by atoms with E-state index in [-0.39, 0.29) is 42.1 Å². The minimum Gasteiger partial charge on any atom is -0.726 e. The molecule has 4 nitrogen and oxygen atoms in total. The van der Waals surface area contributed by atoms with Crippen molar-refractivity contribution in [1.82, 2.24) is 0 Å². The van der Waals surface area contributed by atoms with Crippen molar-refractivity contribution in [2.24, 2.45) is 5.92 Å².